The second-order valence-corrected chi connectivity index (χ2v) is 7.74. The van der Waals surface area contributed by atoms with Crippen molar-refractivity contribution in [3.8, 4) is 0 Å². The zero-order valence-electron chi connectivity index (χ0n) is 17.3. The Morgan fingerprint density at radius 1 is 1.06 bits per heavy atom. The minimum absolute atomic E-state index is 0.233. The summed E-state index contributed by atoms with van der Waals surface area (Å²) in [7, 11) is 1.18. The monoisotopic (exact) mass is 456 g/mol. The molecule has 0 radical (unpaired) electrons. The van der Waals surface area contributed by atoms with Crippen LogP contribution in [0, 0.1) is 0 Å². The van der Waals surface area contributed by atoms with Crippen molar-refractivity contribution >= 4 is 40.7 Å². The first kappa shape index (κ1) is 22.0. The van der Waals surface area contributed by atoms with Gasteiger partial charge in [-0.05, 0) is 36.4 Å². The Labute approximate surface area is 189 Å². The largest absolute Gasteiger partial charge is 0.507 e. The number of ketones is 1. The summed E-state index contributed by atoms with van der Waals surface area (Å²) in [6.45, 7) is 1.02. The van der Waals surface area contributed by atoms with Crippen LogP contribution in [0.1, 0.15) is 5.56 Å². The van der Waals surface area contributed by atoms with Gasteiger partial charge in [0.25, 0.3) is 5.78 Å². The van der Waals surface area contributed by atoms with Gasteiger partial charge < -0.3 is 14.6 Å². The van der Waals surface area contributed by atoms with Crippen molar-refractivity contribution in [1.82, 2.24) is 4.90 Å². The summed E-state index contributed by atoms with van der Waals surface area (Å²) in [5, 5.41) is 11.7. The number of esters is 1. The predicted molar refractivity (Wildman–Crippen MR) is 117 cm³/mol. The molecule has 2 heterocycles. The van der Waals surface area contributed by atoms with Crippen LogP contribution in [0.25, 0.3) is 5.76 Å². The van der Waals surface area contributed by atoms with Crippen LogP contribution in [-0.4, -0.2) is 66.7 Å². The predicted octanol–water partition coefficient (Wildman–Crippen LogP) is 2.43. The van der Waals surface area contributed by atoms with Gasteiger partial charge in [-0.1, -0.05) is 29.8 Å². The number of aliphatic hydroxyl groups is 1. The number of methoxy groups -OCH3 is 1. The fourth-order valence-corrected chi connectivity index (χ4v) is 4.31. The molecule has 0 spiro atoms. The Hall–Kier alpha value is -3.20. The van der Waals surface area contributed by atoms with E-state index in [0.29, 0.717) is 10.7 Å². The highest BCUT2D eigenvalue weighted by molar-refractivity contribution is 6.54. The molecule has 32 heavy (non-hydrogen) atoms. The number of para-hydroxylation sites is 1. The lowest BCUT2D eigenvalue weighted by atomic mass is 9.92. The third-order valence-electron chi connectivity index (χ3n) is 5.60. The van der Waals surface area contributed by atoms with Crippen molar-refractivity contribution < 1.29 is 29.0 Å². The lowest BCUT2D eigenvalue weighted by Crippen LogP contribution is -2.67. The molecule has 2 aliphatic rings. The van der Waals surface area contributed by atoms with E-state index in [1.807, 2.05) is 0 Å². The van der Waals surface area contributed by atoms with E-state index in [-0.39, 0.29) is 37.4 Å². The lowest BCUT2D eigenvalue weighted by Gasteiger charge is -2.45. The van der Waals surface area contributed by atoms with E-state index in [4.69, 9.17) is 21.1 Å². The van der Waals surface area contributed by atoms with E-state index < -0.39 is 29.1 Å². The van der Waals surface area contributed by atoms with E-state index in [2.05, 4.69) is 0 Å². The molecule has 1 amide bonds. The highest BCUT2D eigenvalue weighted by atomic mass is 35.5. The summed E-state index contributed by atoms with van der Waals surface area (Å²) in [6, 6.07) is 14.5. The molecule has 2 aromatic carbocycles. The number of halogens is 1. The average molecular weight is 457 g/mol. The number of benzene rings is 2. The van der Waals surface area contributed by atoms with Gasteiger partial charge in [0.1, 0.15) is 11.3 Å². The SMILES string of the molecule is COC(=O)C1(N2CCOCC2)/C(=C(/O)c2ccc(Cl)cc2)C(=O)C(=O)N1c1ccccc1. The Morgan fingerprint density at radius 2 is 1.69 bits per heavy atom. The molecule has 1 atom stereocenters. The first-order valence-corrected chi connectivity index (χ1v) is 10.4. The number of nitrogens with zero attached hydrogens (tertiary/aromatic N) is 2. The molecule has 0 bridgehead atoms. The number of carbonyl (C=O) groups excluding carboxylic acids is 3. The number of amides is 1. The molecular formula is C23H21ClN2O6. The van der Waals surface area contributed by atoms with Crippen molar-refractivity contribution in [3.63, 3.8) is 0 Å². The summed E-state index contributed by atoms with van der Waals surface area (Å²) in [6.07, 6.45) is 0. The first-order chi connectivity index (χ1) is 15.4. The number of carbonyl (C=O) groups is 3. The average Bonchev–Trinajstić information content (AvgIpc) is 3.07. The third-order valence-corrected chi connectivity index (χ3v) is 5.86. The number of ether oxygens (including phenoxy) is 2. The summed E-state index contributed by atoms with van der Waals surface area (Å²) in [4.78, 5) is 42.9. The Bertz CT molecular complexity index is 1080. The van der Waals surface area contributed by atoms with E-state index in [1.165, 1.54) is 19.2 Å². The van der Waals surface area contributed by atoms with Gasteiger partial charge in [-0.15, -0.1) is 0 Å². The Balaban J connectivity index is 2.05. The first-order valence-electron chi connectivity index (χ1n) is 9.97. The molecule has 0 aliphatic carbocycles. The van der Waals surface area contributed by atoms with Gasteiger partial charge in [0.2, 0.25) is 5.66 Å². The number of aliphatic hydroxyl groups excluding tert-OH is 1. The maximum absolute atomic E-state index is 13.5. The van der Waals surface area contributed by atoms with Crippen molar-refractivity contribution in [1.29, 1.82) is 0 Å². The number of anilines is 1. The fraction of sp³-hybridized carbons (Fsp3) is 0.261. The van der Waals surface area contributed by atoms with Crippen molar-refractivity contribution in [2.45, 2.75) is 5.66 Å². The normalized spacial score (nSPS) is 23.4. The summed E-state index contributed by atoms with van der Waals surface area (Å²) < 4.78 is 10.6. The van der Waals surface area contributed by atoms with Crippen molar-refractivity contribution in [2.75, 3.05) is 38.3 Å². The van der Waals surface area contributed by atoms with Crippen LogP contribution in [0.2, 0.25) is 5.02 Å². The Morgan fingerprint density at radius 3 is 2.28 bits per heavy atom. The third kappa shape index (κ3) is 3.37. The molecule has 9 heteroatoms. The molecule has 1 unspecified atom stereocenters. The van der Waals surface area contributed by atoms with Gasteiger partial charge >= 0.3 is 11.9 Å². The van der Waals surface area contributed by atoms with Gasteiger partial charge in [0.15, 0.2) is 0 Å². The number of hydrogen-bond acceptors (Lipinski definition) is 7. The summed E-state index contributed by atoms with van der Waals surface area (Å²) in [5.41, 5.74) is -1.80. The molecule has 2 aromatic rings. The minimum Gasteiger partial charge on any atom is -0.507 e. The molecule has 2 aliphatic heterocycles. The van der Waals surface area contributed by atoms with Crippen LogP contribution in [-0.2, 0) is 23.9 Å². The van der Waals surface area contributed by atoms with Gasteiger partial charge in [-0.2, -0.15) is 0 Å². The second-order valence-electron chi connectivity index (χ2n) is 7.30. The van der Waals surface area contributed by atoms with Crippen molar-refractivity contribution in [2.24, 2.45) is 0 Å². The zero-order chi connectivity index (χ0) is 22.9. The second kappa shape index (κ2) is 8.74. The molecule has 1 N–H and O–H groups in total. The highest BCUT2D eigenvalue weighted by Gasteiger charge is 2.66. The molecule has 0 aromatic heterocycles. The molecule has 4 rings (SSSR count). The Kier molecular flexibility index (Phi) is 6.01. The van der Waals surface area contributed by atoms with Crippen LogP contribution in [0.4, 0.5) is 5.69 Å². The number of rotatable bonds is 4. The lowest BCUT2D eigenvalue weighted by molar-refractivity contribution is -0.155. The summed E-state index contributed by atoms with van der Waals surface area (Å²) in [5.74, 6) is -3.28. The maximum Gasteiger partial charge on any atom is 0.352 e. The van der Waals surface area contributed by atoms with E-state index in [0.717, 1.165) is 4.90 Å². The summed E-state index contributed by atoms with van der Waals surface area (Å²) >= 11 is 5.96. The highest BCUT2D eigenvalue weighted by Crippen LogP contribution is 2.44. The zero-order valence-corrected chi connectivity index (χ0v) is 18.0. The van der Waals surface area contributed by atoms with E-state index >= 15 is 0 Å². The molecule has 8 nitrogen and oxygen atoms in total. The molecule has 2 saturated heterocycles. The van der Waals surface area contributed by atoms with E-state index in [9.17, 15) is 19.5 Å². The quantitative estimate of drug-likeness (QED) is 0.326. The van der Waals surface area contributed by atoms with Crippen LogP contribution in [0.5, 0.6) is 0 Å². The van der Waals surface area contributed by atoms with Crippen LogP contribution >= 0.6 is 11.6 Å². The van der Waals surface area contributed by atoms with Gasteiger partial charge in [-0.3, -0.25) is 19.4 Å². The van der Waals surface area contributed by atoms with Crippen molar-refractivity contribution in [3.05, 3.63) is 70.8 Å². The standard InChI is InChI=1S/C23H21ClN2O6/c1-31-22(30)23(25-11-13-32-14-12-25)18(19(27)15-7-9-16(24)10-8-15)20(28)21(29)26(23)17-5-3-2-4-6-17/h2-10,27H,11-14H2,1H3/b19-18+. The smallest absolute Gasteiger partial charge is 0.352 e. The van der Waals surface area contributed by atoms with Crippen LogP contribution in [0.15, 0.2) is 60.2 Å². The minimum atomic E-state index is -2.00. The molecular weight excluding hydrogens is 436 g/mol. The van der Waals surface area contributed by atoms with Gasteiger partial charge in [0, 0.05) is 29.4 Å². The van der Waals surface area contributed by atoms with Gasteiger partial charge in [0.05, 0.1) is 20.3 Å². The van der Waals surface area contributed by atoms with Crippen LogP contribution in [0.3, 0.4) is 0 Å². The number of morpholine rings is 1. The number of hydrogen-bond donors (Lipinski definition) is 1. The van der Waals surface area contributed by atoms with E-state index in [1.54, 1.807) is 47.4 Å². The van der Waals surface area contributed by atoms with Gasteiger partial charge in [-0.25, -0.2) is 4.79 Å². The molecule has 0 saturated carbocycles. The molecule has 166 valence electrons. The topological polar surface area (TPSA) is 96.4 Å². The molecule has 2 fully saturated rings. The van der Waals surface area contributed by atoms with Crippen LogP contribution < -0.4 is 4.90 Å². The number of Topliss-reactive ketones (excluding diaryl/α,β-unsaturated/α-hetero) is 1. The maximum atomic E-state index is 13.5. The fourth-order valence-electron chi connectivity index (χ4n) is 4.18.